The Bertz CT molecular complexity index is 1090. The SMILES string of the molecule is Cc1nc(-c2cc(-c3cncc(C(=O)N4CC[C@@H]5CCCC[C@@H]5C4)c3)ccn2)[nH]c1C. The zero-order chi connectivity index (χ0) is 21.4. The first kappa shape index (κ1) is 19.9. The van der Waals surface area contributed by atoms with Crippen LogP contribution in [-0.2, 0) is 0 Å². The number of rotatable bonds is 3. The van der Waals surface area contributed by atoms with E-state index in [4.69, 9.17) is 0 Å². The van der Waals surface area contributed by atoms with E-state index in [1.807, 2.05) is 43.1 Å². The van der Waals surface area contributed by atoms with Gasteiger partial charge in [-0.15, -0.1) is 0 Å². The number of carbonyl (C=O) groups is 1. The van der Waals surface area contributed by atoms with Crippen molar-refractivity contribution in [2.75, 3.05) is 13.1 Å². The Labute approximate surface area is 183 Å². The smallest absolute Gasteiger partial charge is 0.255 e. The topological polar surface area (TPSA) is 74.8 Å². The minimum Gasteiger partial charge on any atom is -0.341 e. The maximum Gasteiger partial charge on any atom is 0.255 e. The number of nitrogens with zero attached hydrogens (tertiary/aromatic N) is 4. The van der Waals surface area contributed by atoms with Crippen LogP contribution in [0.3, 0.4) is 0 Å². The normalized spacial score (nSPS) is 21.0. The predicted molar refractivity (Wildman–Crippen MR) is 120 cm³/mol. The van der Waals surface area contributed by atoms with Crippen LogP contribution in [0.15, 0.2) is 36.8 Å². The van der Waals surface area contributed by atoms with Crippen LogP contribution in [0.2, 0.25) is 0 Å². The van der Waals surface area contributed by atoms with Crippen molar-refractivity contribution in [1.29, 1.82) is 0 Å². The molecule has 0 radical (unpaired) electrons. The highest BCUT2D eigenvalue weighted by Crippen LogP contribution is 2.36. The van der Waals surface area contributed by atoms with Crippen LogP contribution in [0.1, 0.15) is 53.8 Å². The number of hydrogen-bond donors (Lipinski definition) is 1. The number of likely N-dealkylation sites (tertiary alicyclic amines) is 1. The molecule has 2 fully saturated rings. The number of hydrogen-bond acceptors (Lipinski definition) is 4. The standard InChI is InChI=1S/C25H29N5O/c1-16-17(2)29-24(28-16)23-12-19(7-9-27-23)21-11-22(14-26-13-21)25(31)30-10-8-18-5-3-4-6-20(18)15-30/h7,9,11-14,18,20H,3-6,8,10,15H2,1-2H3,(H,28,29)/t18-,20+/m0/s1. The van der Waals surface area contributed by atoms with E-state index in [-0.39, 0.29) is 5.91 Å². The summed E-state index contributed by atoms with van der Waals surface area (Å²) >= 11 is 0. The molecule has 2 atom stereocenters. The third kappa shape index (κ3) is 3.99. The Kier molecular flexibility index (Phi) is 5.30. The Morgan fingerprint density at radius 1 is 1.06 bits per heavy atom. The minimum atomic E-state index is 0.102. The average molecular weight is 416 g/mol. The van der Waals surface area contributed by atoms with Crippen molar-refractivity contribution in [2.24, 2.45) is 11.8 Å². The van der Waals surface area contributed by atoms with Gasteiger partial charge < -0.3 is 9.88 Å². The fourth-order valence-electron chi connectivity index (χ4n) is 5.09. The van der Waals surface area contributed by atoms with Gasteiger partial charge in [0.15, 0.2) is 5.82 Å². The van der Waals surface area contributed by atoms with Crippen molar-refractivity contribution >= 4 is 5.91 Å². The molecule has 3 aromatic heterocycles. The molecule has 0 aromatic carbocycles. The molecule has 1 saturated heterocycles. The Morgan fingerprint density at radius 2 is 1.90 bits per heavy atom. The monoisotopic (exact) mass is 415 g/mol. The summed E-state index contributed by atoms with van der Waals surface area (Å²) in [5.41, 5.74) is 5.35. The largest absolute Gasteiger partial charge is 0.341 e. The number of fused-ring (bicyclic) bond motifs is 1. The first-order valence-corrected chi connectivity index (χ1v) is 11.3. The Hall–Kier alpha value is -3.02. The van der Waals surface area contributed by atoms with E-state index < -0.39 is 0 Å². The van der Waals surface area contributed by atoms with E-state index in [9.17, 15) is 4.79 Å². The molecule has 0 spiro atoms. The third-order valence-electron chi connectivity index (χ3n) is 7.03. The highest BCUT2D eigenvalue weighted by atomic mass is 16.2. The lowest BCUT2D eigenvalue weighted by molar-refractivity contribution is 0.0520. The number of nitrogens with one attached hydrogen (secondary N) is 1. The highest BCUT2D eigenvalue weighted by Gasteiger charge is 2.33. The lowest BCUT2D eigenvalue weighted by atomic mass is 9.75. The molecule has 1 amide bonds. The number of aromatic amines is 1. The molecular formula is C25H29N5O. The van der Waals surface area contributed by atoms with Crippen molar-refractivity contribution in [3.63, 3.8) is 0 Å². The number of imidazole rings is 1. The number of pyridine rings is 2. The van der Waals surface area contributed by atoms with Crippen molar-refractivity contribution < 1.29 is 4.79 Å². The molecule has 31 heavy (non-hydrogen) atoms. The molecule has 6 nitrogen and oxygen atoms in total. The van der Waals surface area contributed by atoms with Gasteiger partial charge in [0.25, 0.3) is 5.91 Å². The van der Waals surface area contributed by atoms with Crippen LogP contribution in [0.4, 0.5) is 0 Å². The molecular weight excluding hydrogens is 386 g/mol. The van der Waals surface area contributed by atoms with Gasteiger partial charge in [0.1, 0.15) is 5.69 Å². The van der Waals surface area contributed by atoms with Crippen molar-refractivity contribution in [3.8, 4) is 22.6 Å². The number of piperidine rings is 1. The van der Waals surface area contributed by atoms with Gasteiger partial charge >= 0.3 is 0 Å². The predicted octanol–water partition coefficient (Wildman–Crippen LogP) is 4.80. The lowest BCUT2D eigenvalue weighted by Gasteiger charge is -2.41. The second kappa shape index (κ2) is 8.25. The number of carbonyl (C=O) groups excluding carboxylic acids is 1. The van der Waals surface area contributed by atoms with Gasteiger partial charge in [-0.1, -0.05) is 19.3 Å². The van der Waals surface area contributed by atoms with E-state index in [1.165, 1.54) is 25.7 Å². The van der Waals surface area contributed by atoms with Gasteiger partial charge in [0.05, 0.1) is 11.3 Å². The number of aryl methyl sites for hydroxylation is 2. The first-order chi connectivity index (χ1) is 15.1. The van der Waals surface area contributed by atoms with Crippen molar-refractivity contribution in [2.45, 2.75) is 46.0 Å². The van der Waals surface area contributed by atoms with Crippen LogP contribution in [0, 0.1) is 25.7 Å². The first-order valence-electron chi connectivity index (χ1n) is 11.3. The molecule has 0 unspecified atom stereocenters. The van der Waals surface area contributed by atoms with Crippen LogP contribution in [0.25, 0.3) is 22.6 Å². The summed E-state index contributed by atoms with van der Waals surface area (Å²) in [6.45, 7) is 5.74. The molecule has 0 bridgehead atoms. The molecule has 1 aliphatic carbocycles. The van der Waals surface area contributed by atoms with Gasteiger partial charge in [-0.05, 0) is 62.3 Å². The molecule has 5 rings (SSSR count). The quantitative estimate of drug-likeness (QED) is 0.667. The van der Waals surface area contributed by atoms with E-state index >= 15 is 0 Å². The summed E-state index contributed by atoms with van der Waals surface area (Å²) < 4.78 is 0. The minimum absolute atomic E-state index is 0.102. The van der Waals surface area contributed by atoms with Crippen molar-refractivity contribution in [1.82, 2.24) is 24.8 Å². The van der Waals surface area contributed by atoms with Gasteiger partial charge in [0.2, 0.25) is 0 Å². The Morgan fingerprint density at radius 3 is 2.71 bits per heavy atom. The van der Waals surface area contributed by atoms with E-state index in [0.717, 1.165) is 59.5 Å². The van der Waals surface area contributed by atoms with Crippen LogP contribution in [-0.4, -0.2) is 43.8 Å². The average Bonchev–Trinajstić information content (AvgIpc) is 3.16. The number of H-pyrrole nitrogens is 1. The summed E-state index contributed by atoms with van der Waals surface area (Å²) in [6.07, 6.45) is 11.7. The van der Waals surface area contributed by atoms with Crippen LogP contribution < -0.4 is 0 Å². The zero-order valence-electron chi connectivity index (χ0n) is 18.3. The Balaban J connectivity index is 1.38. The molecule has 1 aliphatic heterocycles. The molecule has 3 aromatic rings. The summed E-state index contributed by atoms with van der Waals surface area (Å²) in [7, 11) is 0. The summed E-state index contributed by atoms with van der Waals surface area (Å²) in [4.78, 5) is 32.0. The van der Waals surface area contributed by atoms with Gasteiger partial charge in [-0.3, -0.25) is 14.8 Å². The van der Waals surface area contributed by atoms with E-state index in [0.29, 0.717) is 11.5 Å². The maximum atomic E-state index is 13.2. The molecule has 1 N–H and O–H groups in total. The number of aromatic nitrogens is 4. The second-order valence-electron chi connectivity index (χ2n) is 9.03. The fourth-order valence-corrected chi connectivity index (χ4v) is 5.09. The molecule has 2 aliphatic rings. The van der Waals surface area contributed by atoms with E-state index in [1.54, 1.807) is 12.4 Å². The lowest BCUT2D eigenvalue weighted by Crippen LogP contribution is -2.44. The molecule has 6 heteroatoms. The summed E-state index contributed by atoms with van der Waals surface area (Å²) in [5, 5.41) is 0. The third-order valence-corrected chi connectivity index (χ3v) is 7.03. The molecule has 4 heterocycles. The fraction of sp³-hybridized carbons (Fsp3) is 0.440. The van der Waals surface area contributed by atoms with Gasteiger partial charge in [-0.25, -0.2) is 4.98 Å². The zero-order valence-corrected chi connectivity index (χ0v) is 18.3. The van der Waals surface area contributed by atoms with Gasteiger partial charge in [-0.2, -0.15) is 0 Å². The highest BCUT2D eigenvalue weighted by molar-refractivity contribution is 5.95. The van der Waals surface area contributed by atoms with Crippen LogP contribution >= 0.6 is 0 Å². The van der Waals surface area contributed by atoms with Gasteiger partial charge in [0, 0.05) is 42.9 Å². The van der Waals surface area contributed by atoms with E-state index in [2.05, 4.69) is 19.9 Å². The summed E-state index contributed by atoms with van der Waals surface area (Å²) in [5.74, 6) is 2.34. The van der Waals surface area contributed by atoms with Crippen LogP contribution in [0.5, 0.6) is 0 Å². The molecule has 1 saturated carbocycles. The molecule has 160 valence electrons. The second-order valence-corrected chi connectivity index (χ2v) is 9.03. The number of amides is 1. The van der Waals surface area contributed by atoms with Crippen molar-refractivity contribution in [3.05, 3.63) is 53.7 Å². The summed E-state index contributed by atoms with van der Waals surface area (Å²) in [6, 6.07) is 5.90. The maximum absolute atomic E-state index is 13.2.